The van der Waals surface area contributed by atoms with Crippen LogP contribution < -0.4 is 4.74 Å². The van der Waals surface area contributed by atoms with Crippen LogP contribution in [-0.4, -0.2) is 19.4 Å². The van der Waals surface area contributed by atoms with E-state index in [2.05, 4.69) is 9.47 Å². The van der Waals surface area contributed by atoms with Crippen LogP contribution in [0.2, 0.25) is 5.02 Å². The van der Waals surface area contributed by atoms with Crippen LogP contribution in [0.1, 0.15) is 15.9 Å². The van der Waals surface area contributed by atoms with Gasteiger partial charge >= 0.3 is 12.3 Å². The smallest absolute Gasteiger partial charge is 0.465 e. The second-order valence-electron chi connectivity index (χ2n) is 2.98. The van der Waals surface area contributed by atoms with E-state index < -0.39 is 23.6 Å². The maximum absolute atomic E-state index is 12.1. The molecule has 1 aromatic rings. The minimum atomic E-state index is -5.00. The SMILES string of the molecule is COC(=O)c1cc(Cl)c(C#N)cc1OC(F)(F)F. The molecule has 0 aliphatic carbocycles. The molecule has 0 N–H and O–H groups in total. The molecule has 0 bridgehead atoms. The van der Waals surface area contributed by atoms with Crippen molar-refractivity contribution in [3.05, 3.63) is 28.3 Å². The van der Waals surface area contributed by atoms with Gasteiger partial charge in [-0.3, -0.25) is 0 Å². The van der Waals surface area contributed by atoms with E-state index in [1.165, 1.54) is 0 Å². The fraction of sp³-hybridized carbons (Fsp3) is 0.200. The lowest BCUT2D eigenvalue weighted by Crippen LogP contribution is -2.19. The number of hydrogen-bond donors (Lipinski definition) is 0. The molecule has 96 valence electrons. The van der Waals surface area contributed by atoms with Crippen molar-refractivity contribution in [1.29, 1.82) is 5.26 Å². The molecule has 8 heteroatoms. The molecule has 0 aromatic heterocycles. The third-order valence-electron chi connectivity index (χ3n) is 1.82. The van der Waals surface area contributed by atoms with Crippen LogP contribution in [-0.2, 0) is 4.74 Å². The fourth-order valence-electron chi connectivity index (χ4n) is 1.12. The maximum Gasteiger partial charge on any atom is 0.573 e. The largest absolute Gasteiger partial charge is 0.573 e. The van der Waals surface area contributed by atoms with Crippen molar-refractivity contribution in [2.75, 3.05) is 7.11 Å². The van der Waals surface area contributed by atoms with Gasteiger partial charge in [0.25, 0.3) is 0 Å². The molecule has 4 nitrogen and oxygen atoms in total. The van der Waals surface area contributed by atoms with Gasteiger partial charge in [-0.25, -0.2) is 4.79 Å². The molecule has 0 aliphatic heterocycles. The molecule has 0 aliphatic rings. The van der Waals surface area contributed by atoms with E-state index in [4.69, 9.17) is 16.9 Å². The minimum absolute atomic E-state index is 0.174. The predicted octanol–water partition coefficient (Wildman–Crippen LogP) is 2.90. The van der Waals surface area contributed by atoms with Crippen LogP contribution >= 0.6 is 11.6 Å². The molecule has 0 unspecified atom stereocenters. The van der Waals surface area contributed by atoms with Crippen molar-refractivity contribution in [2.24, 2.45) is 0 Å². The third kappa shape index (κ3) is 3.28. The van der Waals surface area contributed by atoms with E-state index in [1.54, 1.807) is 6.07 Å². The van der Waals surface area contributed by atoms with Crippen molar-refractivity contribution in [3.63, 3.8) is 0 Å². The molecule has 0 saturated carbocycles. The van der Waals surface area contributed by atoms with Crippen molar-refractivity contribution >= 4 is 17.6 Å². The second kappa shape index (κ2) is 5.14. The summed E-state index contributed by atoms with van der Waals surface area (Å²) in [6.45, 7) is 0. The Morgan fingerprint density at radius 3 is 2.50 bits per heavy atom. The number of hydrogen-bond acceptors (Lipinski definition) is 4. The first-order chi connectivity index (χ1) is 8.28. The monoisotopic (exact) mass is 279 g/mol. The number of carbonyl (C=O) groups excluding carboxylic acids is 1. The summed E-state index contributed by atoms with van der Waals surface area (Å²) in [7, 11) is 0.992. The van der Waals surface area contributed by atoms with Gasteiger partial charge < -0.3 is 9.47 Å². The Bertz CT molecular complexity index is 522. The molecular formula is C10H5ClF3NO3. The first-order valence-electron chi connectivity index (χ1n) is 4.36. The molecule has 0 heterocycles. The lowest BCUT2D eigenvalue weighted by atomic mass is 10.1. The third-order valence-corrected chi connectivity index (χ3v) is 2.13. The Hall–Kier alpha value is -1.94. The van der Waals surface area contributed by atoms with Crippen LogP contribution in [0.25, 0.3) is 0 Å². The first-order valence-corrected chi connectivity index (χ1v) is 4.74. The molecule has 18 heavy (non-hydrogen) atoms. The van der Waals surface area contributed by atoms with E-state index >= 15 is 0 Å². The number of rotatable bonds is 2. The molecule has 0 atom stereocenters. The van der Waals surface area contributed by atoms with Gasteiger partial charge in [0.05, 0.1) is 17.7 Å². The minimum Gasteiger partial charge on any atom is -0.465 e. The van der Waals surface area contributed by atoms with Gasteiger partial charge in [0.15, 0.2) is 0 Å². The lowest BCUT2D eigenvalue weighted by Gasteiger charge is -2.13. The number of methoxy groups -OCH3 is 1. The first kappa shape index (κ1) is 14.1. The molecule has 0 amide bonds. The number of esters is 1. The summed E-state index contributed by atoms with van der Waals surface area (Å²) in [6.07, 6.45) is -5.00. The van der Waals surface area contributed by atoms with E-state index in [0.29, 0.717) is 0 Å². The van der Waals surface area contributed by atoms with Crippen LogP contribution in [0, 0.1) is 11.3 Å². The molecule has 1 rings (SSSR count). The van der Waals surface area contributed by atoms with E-state index in [-0.39, 0.29) is 10.6 Å². The Labute approximate surface area is 104 Å². The zero-order chi connectivity index (χ0) is 13.9. The zero-order valence-electron chi connectivity index (χ0n) is 8.84. The number of ether oxygens (including phenoxy) is 2. The second-order valence-corrected chi connectivity index (χ2v) is 3.39. The highest BCUT2D eigenvalue weighted by atomic mass is 35.5. The molecule has 1 aromatic carbocycles. The van der Waals surface area contributed by atoms with Gasteiger partial charge in [-0.2, -0.15) is 5.26 Å². The number of alkyl halides is 3. The molecule has 0 saturated heterocycles. The zero-order valence-corrected chi connectivity index (χ0v) is 9.59. The van der Waals surface area contributed by atoms with Gasteiger partial charge in [0.1, 0.15) is 17.4 Å². The normalized spacial score (nSPS) is 10.7. The van der Waals surface area contributed by atoms with Gasteiger partial charge in [-0.05, 0) is 6.07 Å². The Kier molecular flexibility index (Phi) is 4.03. The number of halogens is 4. The van der Waals surface area contributed by atoms with Crippen LogP contribution in [0.4, 0.5) is 13.2 Å². The molecule has 0 fully saturated rings. The van der Waals surface area contributed by atoms with Crippen molar-refractivity contribution in [1.82, 2.24) is 0 Å². The standard InChI is InChI=1S/C10H5ClF3NO3/c1-17-9(16)6-3-7(11)5(4-15)2-8(6)18-10(12,13)14/h2-3H,1H3. The Balaban J connectivity index is 3.36. The highest BCUT2D eigenvalue weighted by Crippen LogP contribution is 2.31. The summed E-state index contributed by atoms with van der Waals surface area (Å²) in [5.41, 5.74) is -0.762. The quantitative estimate of drug-likeness (QED) is 0.781. The highest BCUT2D eigenvalue weighted by molar-refractivity contribution is 6.32. The lowest BCUT2D eigenvalue weighted by molar-refractivity contribution is -0.274. The van der Waals surface area contributed by atoms with E-state index in [0.717, 1.165) is 19.2 Å². The van der Waals surface area contributed by atoms with Gasteiger partial charge in [0, 0.05) is 6.07 Å². The summed E-state index contributed by atoms with van der Waals surface area (Å²) in [4.78, 5) is 11.3. The summed E-state index contributed by atoms with van der Waals surface area (Å²) in [6, 6.07) is 3.18. The molecular weight excluding hydrogens is 275 g/mol. The van der Waals surface area contributed by atoms with Gasteiger partial charge in [0.2, 0.25) is 0 Å². The summed E-state index contributed by atoms with van der Waals surface area (Å²) in [5.74, 6) is -1.89. The van der Waals surface area contributed by atoms with E-state index in [1.807, 2.05) is 0 Å². The number of benzene rings is 1. The Morgan fingerprint density at radius 2 is 2.06 bits per heavy atom. The Morgan fingerprint density at radius 1 is 1.44 bits per heavy atom. The van der Waals surface area contributed by atoms with Crippen molar-refractivity contribution in [3.8, 4) is 11.8 Å². The van der Waals surface area contributed by atoms with Crippen molar-refractivity contribution in [2.45, 2.75) is 6.36 Å². The molecule has 0 spiro atoms. The average Bonchev–Trinajstić information content (AvgIpc) is 2.28. The topological polar surface area (TPSA) is 59.3 Å². The van der Waals surface area contributed by atoms with Crippen LogP contribution in [0.3, 0.4) is 0 Å². The summed E-state index contributed by atoms with van der Waals surface area (Å²) >= 11 is 5.61. The van der Waals surface area contributed by atoms with Crippen LogP contribution in [0.5, 0.6) is 5.75 Å². The highest BCUT2D eigenvalue weighted by Gasteiger charge is 2.33. The summed E-state index contributed by atoms with van der Waals surface area (Å²) in [5, 5.41) is 8.47. The maximum atomic E-state index is 12.1. The number of carbonyl (C=O) groups is 1. The van der Waals surface area contributed by atoms with Crippen molar-refractivity contribution < 1.29 is 27.4 Å². The number of nitriles is 1. The van der Waals surface area contributed by atoms with Crippen LogP contribution in [0.15, 0.2) is 12.1 Å². The molecule has 0 radical (unpaired) electrons. The van der Waals surface area contributed by atoms with Gasteiger partial charge in [-0.1, -0.05) is 11.6 Å². The fourth-order valence-corrected chi connectivity index (χ4v) is 1.32. The number of nitrogens with zero attached hydrogens (tertiary/aromatic N) is 1. The van der Waals surface area contributed by atoms with E-state index in [9.17, 15) is 18.0 Å². The predicted molar refractivity (Wildman–Crippen MR) is 54.2 cm³/mol. The van der Waals surface area contributed by atoms with Gasteiger partial charge in [-0.15, -0.1) is 13.2 Å². The average molecular weight is 280 g/mol. The summed E-state index contributed by atoms with van der Waals surface area (Å²) < 4.78 is 44.3.